The maximum Gasteiger partial charge on any atom is 0.0728 e. The summed E-state index contributed by atoms with van der Waals surface area (Å²) in [6.45, 7) is 6.61. The Labute approximate surface area is 74.1 Å². The molecular weight excluding hydrogens is 152 g/mol. The van der Waals surface area contributed by atoms with Crippen LogP contribution < -0.4 is 5.32 Å². The first kappa shape index (κ1) is 8.48. The molecule has 0 radical (unpaired) electrons. The monoisotopic (exact) mass is 170 g/mol. The van der Waals surface area contributed by atoms with Gasteiger partial charge in [-0.2, -0.15) is 0 Å². The average Bonchev–Trinajstić information content (AvgIpc) is 2.77. The molecule has 12 heavy (non-hydrogen) atoms. The number of rotatable bonds is 2. The van der Waals surface area contributed by atoms with Gasteiger partial charge in [-0.15, -0.1) is 0 Å². The van der Waals surface area contributed by atoms with E-state index < -0.39 is 0 Å². The summed E-state index contributed by atoms with van der Waals surface area (Å²) < 4.78 is 5.66. The zero-order valence-electron chi connectivity index (χ0n) is 7.75. The Morgan fingerprint density at radius 3 is 3.08 bits per heavy atom. The number of hydrogen-bond acceptors (Lipinski definition) is 3. The van der Waals surface area contributed by atoms with Crippen molar-refractivity contribution in [2.45, 2.75) is 31.9 Å². The molecule has 2 atom stereocenters. The lowest BCUT2D eigenvalue weighted by Crippen LogP contribution is -2.40. The maximum atomic E-state index is 5.66. The minimum absolute atomic E-state index is 0.491. The van der Waals surface area contributed by atoms with E-state index in [4.69, 9.17) is 4.74 Å². The van der Waals surface area contributed by atoms with Crippen molar-refractivity contribution < 1.29 is 4.74 Å². The van der Waals surface area contributed by atoms with Gasteiger partial charge < -0.3 is 10.1 Å². The second kappa shape index (κ2) is 3.73. The molecule has 2 rings (SSSR count). The van der Waals surface area contributed by atoms with Crippen molar-refractivity contribution in [3.63, 3.8) is 0 Å². The van der Waals surface area contributed by atoms with Crippen LogP contribution in [-0.2, 0) is 4.74 Å². The highest BCUT2D eigenvalue weighted by atomic mass is 16.5. The van der Waals surface area contributed by atoms with Crippen molar-refractivity contribution in [1.29, 1.82) is 0 Å². The fraction of sp³-hybridized carbons (Fsp3) is 1.00. The molecule has 0 bridgehead atoms. The molecule has 0 amide bonds. The highest BCUT2D eigenvalue weighted by Gasteiger charge is 2.28. The average molecular weight is 170 g/mol. The normalized spacial score (nSPS) is 34.2. The quantitative estimate of drug-likeness (QED) is 0.650. The predicted octanol–water partition coefficient (Wildman–Crippen LogP) is 0.417. The molecule has 1 N–H and O–H groups in total. The summed E-state index contributed by atoms with van der Waals surface area (Å²) in [4.78, 5) is 2.47. The van der Waals surface area contributed by atoms with Crippen LogP contribution in [0.5, 0.6) is 0 Å². The lowest BCUT2D eigenvalue weighted by molar-refractivity contribution is 0.0403. The summed E-state index contributed by atoms with van der Waals surface area (Å²) in [6.07, 6.45) is 2.98. The molecule has 70 valence electrons. The molecule has 2 heterocycles. The molecule has 0 aromatic heterocycles. The smallest absolute Gasteiger partial charge is 0.0728 e. The van der Waals surface area contributed by atoms with Crippen molar-refractivity contribution in [3.05, 3.63) is 0 Å². The molecule has 0 aromatic carbocycles. The van der Waals surface area contributed by atoms with E-state index in [1.54, 1.807) is 0 Å². The van der Waals surface area contributed by atoms with Gasteiger partial charge in [-0.3, -0.25) is 4.90 Å². The van der Waals surface area contributed by atoms with Crippen molar-refractivity contribution in [1.82, 2.24) is 10.2 Å². The van der Waals surface area contributed by atoms with Crippen LogP contribution in [0.4, 0.5) is 0 Å². The van der Waals surface area contributed by atoms with Gasteiger partial charge in [0.2, 0.25) is 0 Å². The zero-order chi connectivity index (χ0) is 8.39. The van der Waals surface area contributed by atoms with Crippen LogP contribution in [0.3, 0.4) is 0 Å². The highest BCUT2D eigenvalue weighted by molar-refractivity contribution is 4.81. The summed E-state index contributed by atoms with van der Waals surface area (Å²) in [6, 6.07) is 0.600. The minimum Gasteiger partial charge on any atom is -0.377 e. The van der Waals surface area contributed by atoms with Crippen LogP contribution in [0.15, 0.2) is 0 Å². The summed E-state index contributed by atoms with van der Waals surface area (Å²) in [5, 5.41) is 3.35. The molecule has 0 spiro atoms. The number of ether oxygens (including phenoxy) is 1. The van der Waals surface area contributed by atoms with E-state index in [1.807, 2.05) is 0 Å². The van der Waals surface area contributed by atoms with E-state index in [9.17, 15) is 0 Å². The second-order valence-corrected chi connectivity index (χ2v) is 3.76. The van der Waals surface area contributed by atoms with Gasteiger partial charge in [-0.1, -0.05) is 0 Å². The Hall–Kier alpha value is -0.120. The van der Waals surface area contributed by atoms with Crippen LogP contribution >= 0.6 is 0 Å². The summed E-state index contributed by atoms with van der Waals surface area (Å²) in [7, 11) is 0. The fourth-order valence-electron chi connectivity index (χ4n) is 2.09. The molecule has 2 saturated heterocycles. The second-order valence-electron chi connectivity index (χ2n) is 3.76. The van der Waals surface area contributed by atoms with E-state index in [0.717, 1.165) is 19.8 Å². The Morgan fingerprint density at radius 2 is 2.50 bits per heavy atom. The lowest BCUT2D eigenvalue weighted by Gasteiger charge is -2.27. The van der Waals surface area contributed by atoms with Crippen LogP contribution in [0, 0.1) is 0 Å². The summed E-state index contributed by atoms with van der Waals surface area (Å²) in [5.74, 6) is 0. The van der Waals surface area contributed by atoms with Gasteiger partial charge in [0.25, 0.3) is 0 Å². The van der Waals surface area contributed by atoms with Gasteiger partial charge in [0, 0.05) is 32.4 Å². The van der Waals surface area contributed by atoms with Gasteiger partial charge in [-0.05, 0) is 19.8 Å². The lowest BCUT2D eigenvalue weighted by atomic mass is 10.1. The third kappa shape index (κ3) is 1.63. The van der Waals surface area contributed by atoms with Gasteiger partial charge >= 0.3 is 0 Å². The first-order valence-electron chi connectivity index (χ1n) is 4.94. The number of hydrogen-bond donors (Lipinski definition) is 1. The topological polar surface area (TPSA) is 24.5 Å². The molecule has 0 aromatic rings. The third-order valence-corrected chi connectivity index (χ3v) is 2.97. The van der Waals surface area contributed by atoms with E-state index in [1.165, 1.54) is 19.4 Å². The summed E-state index contributed by atoms with van der Waals surface area (Å²) >= 11 is 0. The summed E-state index contributed by atoms with van der Waals surface area (Å²) in [5.41, 5.74) is 0. The van der Waals surface area contributed by atoms with E-state index in [2.05, 4.69) is 17.1 Å². The predicted molar refractivity (Wildman–Crippen MR) is 48.0 cm³/mol. The molecule has 2 aliphatic heterocycles. The van der Waals surface area contributed by atoms with Gasteiger partial charge in [0.15, 0.2) is 0 Å². The molecule has 3 nitrogen and oxygen atoms in total. The maximum absolute atomic E-state index is 5.66. The molecule has 2 unspecified atom stereocenters. The number of nitrogens with one attached hydrogen (secondary N) is 1. The van der Waals surface area contributed by atoms with Crippen molar-refractivity contribution in [2.24, 2.45) is 0 Å². The third-order valence-electron chi connectivity index (χ3n) is 2.97. The molecule has 2 fully saturated rings. The van der Waals surface area contributed by atoms with Gasteiger partial charge in [0.05, 0.1) is 6.10 Å². The van der Waals surface area contributed by atoms with Crippen LogP contribution in [0.2, 0.25) is 0 Å². The van der Waals surface area contributed by atoms with Crippen LogP contribution in [0.25, 0.3) is 0 Å². The first-order valence-corrected chi connectivity index (χ1v) is 4.94. The fourth-order valence-corrected chi connectivity index (χ4v) is 2.09. The highest BCUT2D eigenvalue weighted by Crippen LogP contribution is 2.19. The Kier molecular flexibility index (Phi) is 2.63. The van der Waals surface area contributed by atoms with E-state index in [0.29, 0.717) is 12.1 Å². The van der Waals surface area contributed by atoms with Crippen molar-refractivity contribution >= 4 is 0 Å². The van der Waals surface area contributed by atoms with Gasteiger partial charge in [-0.25, -0.2) is 0 Å². The van der Waals surface area contributed by atoms with E-state index in [-0.39, 0.29) is 0 Å². The Balaban J connectivity index is 1.84. The van der Waals surface area contributed by atoms with Crippen molar-refractivity contribution in [2.75, 3.05) is 26.4 Å². The molecule has 3 heteroatoms. The number of nitrogens with zero attached hydrogens (tertiary/aromatic N) is 1. The van der Waals surface area contributed by atoms with Crippen LogP contribution in [0.1, 0.15) is 19.8 Å². The zero-order valence-corrected chi connectivity index (χ0v) is 7.75. The SMILES string of the molecule is CC(C1CCCO1)N1CCNC1. The molecule has 2 aliphatic rings. The molecule has 0 saturated carbocycles. The Bertz CT molecular complexity index is 123. The van der Waals surface area contributed by atoms with E-state index >= 15 is 0 Å². The first-order chi connectivity index (χ1) is 5.88. The Morgan fingerprint density at radius 1 is 1.58 bits per heavy atom. The standard InChI is InChI=1S/C9H18N2O/c1-8(9-3-2-6-12-9)11-5-4-10-7-11/h8-10H,2-7H2,1H3. The van der Waals surface area contributed by atoms with Gasteiger partial charge in [0.1, 0.15) is 0 Å². The molecule has 0 aliphatic carbocycles. The molecular formula is C9H18N2O. The van der Waals surface area contributed by atoms with Crippen LogP contribution in [-0.4, -0.2) is 43.4 Å². The largest absolute Gasteiger partial charge is 0.377 e. The minimum atomic E-state index is 0.491. The van der Waals surface area contributed by atoms with Crippen molar-refractivity contribution in [3.8, 4) is 0 Å².